The van der Waals surface area contributed by atoms with Crippen molar-refractivity contribution in [2.75, 3.05) is 12.0 Å². The van der Waals surface area contributed by atoms with Crippen molar-refractivity contribution in [3.63, 3.8) is 0 Å². The molecule has 5 heteroatoms. The summed E-state index contributed by atoms with van der Waals surface area (Å²) in [6.07, 6.45) is 3.83. The van der Waals surface area contributed by atoms with E-state index in [2.05, 4.69) is 44.1 Å². The molecule has 5 nitrogen and oxygen atoms in total. The quantitative estimate of drug-likeness (QED) is 0.498. The van der Waals surface area contributed by atoms with Crippen molar-refractivity contribution in [1.29, 1.82) is 0 Å². The van der Waals surface area contributed by atoms with Gasteiger partial charge in [0.05, 0.1) is 12.6 Å². The molecule has 0 spiro atoms. The van der Waals surface area contributed by atoms with Crippen molar-refractivity contribution in [3.05, 3.63) is 29.8 Å². The number of allylic oxidation sites excluding steroid dienone is 1. The van der Waals surface area contributed by atoms with Gasteiger partial charge >= 0.3 is 0 Å². The monoisotopic (exact) mass is 317 g/mol. The molecule has 2 rings (SSSR count). The fourth-order valence-corrected chi connectivity index (χ4v) is 3.48. The van der Waals surface area contributed by atoms with Crippen molar-refractivity contribution < 1.29 is 9.53 Å². The molecule has 1 aliphatic rings. The Hall–Kier alpha value is -2.01. The van der Waals surface area contributed by atoms with Gasteiger partial charge in [-0.2, -0.15) is 0 Å². The zero-order chi connectivity index (χ0) is 17.2. The summed E-state index contributed by atoms with van der Waals surface area (Å²) in [6, 6.07) is 5.67. The first kappa shape index (κ1) is 17.3. The van der Waals surface area contributed by atoms with Crippen LogP contribution < -0.4 is 20.9 Å². The number of carbonyl (C=O) groups excluding carboxylic acids is 1. The molecule has 1 atom stereocenters. The SMILES string of the molecule is CCC[C@H](C(=O)NN)N1c2cc(OC)ccc2C(C)=CC1(C)C. The third-order valence-electron chi connectivity index (χ3n) is 4.40. The van der Waals surface area contributed by atoms with Crippen molar-refractivity contribution in [2.45, 2.75) is 52.1 Å². The number of methoxy groups -OCH3 is 1. The fraction of sp³-hybridized carbons (Fsp3) is 0.500. The molecule has 1 aliphatic heterocycles. The number of rotatable bonds is 5. The first-order valence-corrected chi connectivity index (χ1v) is 8.03. The molecule has 0 saturated heterocycles. The Kier molecular flexibility index (Phi) is 5.00. The van der Waals surface area contributed by atoms with Gasteiger partial charge in [0.1, 0.15) is 11.8 Å². The summed E-state index contributed by atoms with van der Waals surface area (Å²) >= 11 is 0. The maximum absolute atomic E-state index is 12.4. The van der Waals surface area contributed by atoms with E-state index in [0.29, 0.717) is 0 Å². The summed E-state index contributed by atoms with van der Waals surface area (Å²) in [5, 5.41) is 0. The van der Waals surface area contributed by atoms with Crippen LogP contribution >= 0.6 is 0 Å². The van der Waals surface area contributed by atoms with Crippen LogP contribution in [0.15, 0.2) is 24.3 Å². The predicted octanol–water partition coefficient (Wildman–Crippen LogP) is 2.86. The van der Waals surface area contributed by atoms with Crippen molar-refractivity contribution >= 4 is 17.2 Å². The molecule has 0 aromatic heterocycles. The maximum atomic E-state index is 12.4. The highest BCUT2D eigenvalue weighted by Gasteiger charge is 2.38. The average Bonchev–Trinajstić information content (AvgIpc) is 2.51. The van der Waals surface area contributed by atoms with Crippen LogP contribution in [0.2, 0.25) is 0 Å². The number of hydrogen-bond acceptors (Lipinski definition) is 4. The summed E-state index contributed by atoms with van der Waals surface area (Å²) in [4.78, 5) is 14.6. The van der Waals surface area contributed by atoms with E-state index in [1.165, 1.54) is 5.57 Å². The average molecular weight is 317 g/mol. The van der Waals surface area contributed by atoms with Crippen LogP contribution in [-0.4, -0.2) is 24.6 Å². The van der Waals surface area contributed by atoms with Gasteiger partial charge in [0.25, 0.3) is 5.91 Å². The number of anilines is 1. The number of hydrogen-bond donors (Lipinski definition) is 2. The van der Waals surface area contributed by atoms with E-state index >= 15 is 0 Å². The van der Waals surface area contributed by atoms with Gasteiger partial charge in [-0.15, -0.1) is 0 Å². The molecule has 1 aromatic rings. The molecular formula is C18H27N3O2. The summed E-state index contributed by atoms with van der Waals surface area (Å²) in [5.41, 5.74) is 5.36. The summed E-state index contributed by atoms with van der Waals surface area (Å²) in [6.45, 7) is 8.40. The van der Waals surface area contributed by atoms with E-state index in [9.17, 15) is 4.79 Å². The van der Waals surface area contributed by atoms with E-state index in [-0.39, 0.29) is 17.5 Å². The number of carbonyl (C=O) groups is 1. The normalized spacial score (nSPS) is 17.1. The number of nitrogens with one attached hydrogen (secondary N) is 1. The maximum Gasteiger partial charge on any atom is 0.256 e. The standard InChI is InChI=1S/C18H27N3O2/c1-6-7-15(17(22)20-19)21-16-10-13(23-5)8-9-14(16)12(2)11-18(21,3)4/h8-11,15H,6-7,19H2,1-5H3,(H,20,22)/t15-/m1/s1. The molecule has 0 unspecified atom stereocenters. The van der Waals surface area contributed by atoms with Crippen LogP contribution in [0, 0.1) is 0 Å². The van der Waals surface area contributed by atoms with Gasteiger partial charge in [-0.3, -0.25) is 10.2 Å². The zero-order valence-electron chi connectivity index (χ0n) is 14.6. The number of nitrogens with two attached hydrogens (primary N) is 1. The van der Waals surface area contributed by atoms with Crippen LogP contribution in [-0.2, 0) is 4.79 Å². The van der Waals surface area contributed by atoms with Gasteiger partial charge < -0.3 is 9.64 Å². The number of ether oxygens (including phenoxy) is 1. The molecule has 3 N–H and O–H groups in total. The molecule has 0 aliphatic carbocycles. The summed E-state index contributed by atoms with van der Waals surface area (Å²) in [5.74, 6) is 6.05. The number of nitrogens with zero attached hydrogens (tertiary/aromatic N) is 1. The van der Waals surface area contributed by atoms with E-state index in [1.54, 1.807) is 7.11 Å². The van der Waals surface area contributed by atoms with E-state index < -0.39 is 0 Å². The third kappa shape index (κ3) is 3.20. The molecule has 1 amide bonds. The second-order valence-corrected chi connectivity index (χ2v) is 6.55. The van der Waals surface area contributed by atoms with Crippen LogP contribution in [0.3, 0.4) is 0 Å². The molecule has 0 fully saturated rings. The van der Waals surface area contributed by atoms with Gasteiger partial charge in [-0.1, -0.05) is 19.4 Å². The molecule has 1 heterocycles. The lowest BCUT2D eigenvalue weighted by atomic mass is 9.86. The molecular weight excluding hydrogens is 290 g/mol. The number of fused-ring (bicyclic) bond motifs is 1. The van der Waals surface area contributed by atoms with Gasteiger partial charge in [-0.05, 0) is 44.9 Å². The van der Waals surface area contributed by atoms with Gasteiger partial charge in [0.2, 0.25) is 0 Å². The Labute approximate surface area is 138 Å². The van der Waals surface area contributed by atoms with Crippen LogP contribution in [0.1, 0.15) is 46.1 Å². The Morgan fingerprint density at radius 2 is 2.13 bits per heavy atom. The summed E-state index contributed by atoms with van der Waals surface area (Å²) < 4.78 is 5.39. The Bertz CT molecular complexity index is 623. The molecule has 126 valence electrons. The largest absolute Gasteiger partial charge is 0.497 e. The van der Waals surface area contributed by atoms with Gasteiger partial charge in [0.15, 0.2) is 0 Å². The van der Waals surface area contributed by atoms with Gasteiger partial charge in [-0.25, -0.2) is 5.84 Å². The minimum Gasteiger partial charge on any atom is -0.497 e. The minimum atomic E-state index is -0.324. The Morgan fingerprint density at radius 3 is 2.70 bits per heavy atom. The highest BCUT2D eigenvalue weighted by atomic mass is 16.5. The van der Waals surface area contributed by atoms with Crippen LogP contribution in [0.5, 0.6) is 5.75 Å². The second kappa shape index (κ2) is 6.62. The smallest absolute Gasteiger partial charge is 0.256 e. The molecule has 0 saturated carbocycles. The number of benzene rings is 1. The highest BCUT2D eigenvalue weighted by Crippen LogP contribution is 2.42. The van der Waals surface area contributed by atoms with Crippen LogP contribution in [0.4, 0.5) is 5.69 Å². The van der Waals surface area contributed by atoms with E-state index in [4.69, 9.17) is 10.6 Å². The molecule has 0 radical (unpaired) electrons. The third-order valence-corrected chi connectivity index (χ3v) is 4.40. The number of amides is 1. The fourth-order valence-electron chi connectivity index (χ4n) is 3.48. The zero-order valence-corrected chi connectivity index (χ0v) is 14.6. The summed E-state index contributed by atoms with van der Waals surface area (Å²) in [7, 11) is 1.65. The Balaban J connectivity index is 2.62. The second-order valence-electron chi connectivity index (χ2n) is 6.55. The first-order chi connectivity index (χ1) is 10.9. The topological polar surface area (TPSA) is 67.6 Å². The van der Waals surface area contributed by atoms with Crippen molar-refractivity contribution in [2.24, 2.45) is 5.84 Å². The van der Waals surface area contributed by atoms with Crippen LogP contribution in [0.25, 0.3) is 5.57 Å². The van der Waals surface area contributed by atoms with E-state index in [1.807, 2.05) is 18.2 Å². The van der Waals surface area contributed by atoms with Gasteiger partial charge in [0, 0.05) is 17.3 Å². The lowest BCUT2D eigenvalue weighted by molar-refractivity contribution is -0.122. The Morgan fingerprint density at radius 1 is 1.43 bits per heavy atom. The molecule has 1 aromatic carbocycles. The van der Waals surface area contributed by atoms with Crippen molar-refractivity contribution in [1.82, 2.24) is 5.43 Å². The van der Waals surface area contributed by atoms with E-state index in [0.717, 1.165) is 29.8 Å². The molecule has 0 bridgehead atoms. The predicted molar refractivity (Wildman–Crippen MR) is 94.2 cm³/mol. The number of hydrazine groups is 1. The molecule has 23 heavy (non-hydrogen) atoms. The highest BCUT2D eigenvalue weighted by molar-refractivity contribution is 5.90. The van der Waals surface area contributed by atoms with Crippen molar-refractivity contribution in [3.8, 4) is 5.75 Å². The minimum absolute atomic E-state index is 0.165. The first-order valence-electron chi connectivity index (χ1n) is 8.03. The lowest BCUT2D eigenvalue weighted by Gasteiger charge is -2.47. The lowest BCUT2D eigenvalue weighted by Crippen LogP contribution is -2.57.